The summed E-state index contributed by atoms with van der Waals surface area (Å²) in [5.41, 5.74) is 0.947. The highest BCUT2D eigenvalue weighted by Gasteiger charge is 2.08. The predicted octanol–water partition coefficient (Wildman–Crippen LogP) is 0.903. The molecule has 0 radical (unpaired) electrons. The van der Waals surface area contributed by atoms with E-state index in [-0.39, 0.29) is 6.42 Å². The van der Waals surface area contributed by atoms with Crippen molar-refractivity contribution in [2.24, 2.45) is 0 Å². The second-order valence-electron chi connectivity index (χ2n) is 2.75. The molecule has 2 rings (SSSR count). The molecule has 0 bridgehead atoms. The van der Waals surface area contributed by atoms with Crippen molar-refractivity contribution in [1.29, 1.82) is 5.26 Å². The summed E-state index contributed by atoms with van der Waals surface area (Å²) in [5, 5.41) is 8.41. The molecular formula is C9H7N3O2. The fraction of sp³-hybridized carbons (Fsp3) is 0.222. The van der Waals surface area contributed by atoms with Crippen LogP contribution in [0.15, 0.2) is 27.5 Å². The molecule has 5 heteroatoms. The molecule has 5 nitrogen and oxygen atoms in total. The lowest BCUT2D eigenvalue weighted by atomic mass is 10.4. The summed E-state index contributed by atoms with van der Waals surface area (Å²) in [4.78, 5) is 15.3. The normalized spacial score (nSPS) is 10.2. The first kappa shape index (κ1) is 8.51. The molecule has 0 aromatic carbocycles. The summed E-state index contributed by atoms with van der Waals surface area (Å²) in [5.74, 6) is -0.464. The van der Waals surface area contributed by atoms with Crippen LogP contribution in [0.25, 0.3) is 11.2 Å². The van der Waals surface area contributed by atoms with E-state index in [2.05, 4.69) is 4.98 Å². The van der Waals surface area contributed by atoms with E-state index in [1.165, 1.54) is 4.57 Å². The van der Waals surface area contributed by atoms with Crippen molar-refractivity contribution in [3.8, 4) is 6.07 Å². The minimum absolute atomic E-state index is 0.269. The molecule has 0 aliphatic carbocycles. The van der Waals surface area contributed by atoms with Gasteiger partial charge in [-0.25, -0.2) is 9.78 Å². The van der Waals surface area contributed by atoms with Crippen molar-refractivity contribution in [2.75, 3.05) is 0 Å². The van der Waals surface area contributed by atoms with Gasteiger partial charge in [-0.3, -0.25) is 4.57 Å². The zero-order valence-electron chi connectivity index (χ0n) is 7.30. The number of nitrogens with zero attached hydrogens (tertiary/aromatic N) is 3. The van der Waals surface area contributed by atoms with E-state index >= 15 is 0 Å². The molecule has 0 atom stereocenters. The summed E-state index contributed by atoms with van der Waals surface area (Å²) in [6.07, 6.45) is 1.85. The van der Waals surface area contributed by atoms with Gasteiger partial charge in [0.1, 0.15) is 0 Å². The minimum atomic E-state index is -0.464. The van der Waals surface area contributed by atoms with Crippen LogP contribution in [0.5, 0.6) is 0 Å². The van der Waals surface area contributed by atoms with Gasteiger partial charge in [-0.1, -0.05) is 0 Å². The van der Waals surface area contributed by atoms with Gasteiger partial charge in [0.25, 0.3) is 0 Å². The Balaban J connectivity index is 2.58. The van der Waals surface area contributed by atoms with Gasteiger partial charge in [-0.05, 0) is 12.1 Å². The maximum atomic E-state index is 11.3. The van der Waals surface area contributed by atoms with Gasteiger partial charge in [0, 0.05) is 12.7 Å². The number of pyridine rings is 1. The highest BCUT2D eigenvalue weighted by atomic mass is 16.4. The third-order valence-electron chi connectivity index (χ3n) is 1.87. The number of oxazole rings is 1. The number of hydrogen-bond donors (Lipinski definition) is 0. The van der Waals surface area contributed by atoms with Crippen molar-refractivity contribution in [2.45, 2.75) is 13.0 Å². The third-order valence-corrected chi connectivity index (χ3v) is 1.87. The Bertz CT molecular complexity index is 547. The van der Waals surface area contributed by atoms with E-state index in [1.54, 1.807) is 18.3 Å². The minimum Gasteiger partial charge on any atom is -0.406 e. The molecule has 0 unspecified atom stereocenters. The number of aryl methyl sites for hydroxylation is 1. The van der Waals surface area contributed by atoms with Crippen LogP contribution >= 0.6 is 0 Å². The zero-order chi connectivity index (χ0) is 9.97. The van der Waals surface area contributed by atoms with E-state index in [4.69, 9.17) is 9.68 Å². The van der Waals surface area contributed by atoms with E-state index in [0.29, 0.717) is 17.8 Å². The number of nitriles is 1. The van der Waals surface area contributed by atoms with Crippen LogP contribution in [0.4, 0.5) is 0 Å². The molecule has 14 heavy (non-hydrogen) atoms. The number of rotatable bonds is 2. The first-order valence-electron chi connectivity index (χ1n) is 4.14. The molecule has 0 saturated heterocycles. The summed E-state index contributed by atoms with van der Waals surface area (Å²) in [6.45, 7) is 0.319. The molecule has 0 aliphatic rings. The molecule has 2 aromatic heterocycles. The lowest BCUT2D eigenvalue weighted by molar-refractivity contribution is 0.507. The second kappa shape index (κ2) is 3.34. The Kier molecular flexibility index (Phi) is 2.03. The maximum Gasteiger partial charge on any atom is 0.421 e. The van der Waals surface area contributed by atoms with E-state index in [9.17, 15) is 4.79 Å². The van der Waals surface area contributed by atoms with Crippen molar-refractivity contribution < 1.29 is 4.42 Å². The van der Waals surface area contributed by atoms with Gasteiger partial charge in [-0.2, -0.15) is 5.26 Å². The van der Waals surface area contributed by atoms with Crippen LogP contribution in [-0.2, 0) is 6.54 Å². The van der Waals surface area contributed by atoms with Gasteiger partial charge < -0.3 is 4.42 Å². The molecule has 0 fully saturated rings. The van der Waals surface area contributed by atoms with Crippen molar-refractivity contribution in [3.05, 3.63) is 28.9 Å². The molecule has 0 saturated carbocycles. The van der Waals surface area contributed by atoms with Crippen molar-refractivity contribution >= 4 is 11.2 Å². The molecule has 0 amide bonds. The van der Waals surface area contributed by atoms with Crippen LogP contribution in [0.1, 0.15) is 6.42 Å². The molecule has 70 valence electrons. The van der Waals surface area contributed by atoms with Crippen molar-refractivity contribution in [3.63, 3.8) is 0 Å². The predicted molar refractivity (Wildman–Crippen MR) is 48.5 cm³/mol. The van der Waals surface area contributed by atoms with Crippen LogP contribution in [0, 0.1) is 11.3 Å². The van der Waals surface area contributed by atoms with E-state index in [0.717, 1.165) is 0 Å². The zero-order valence-corrected chi connectivity index (χ0v) is 7.30. The van der Waals surface area contributed by atoms with Gasteiger partial charge in [0.05, 0.1) is 12.5 Å². The molecule has 0 spiro atoms. The summed E-state index contributed by atoms with van der Waals surface area (Å²) >= 11 is 0. The molecule has 2 heterocycles. The van der Waals surface area contributed by atoms with E-state index < -0.39 is 5.76 Å². The first-order valence-corrected chi connectivity index (χ1v) is 4.14. The SMILES string of the molecule is N#CCCn1c(=O)oc2cccnc21. The van der Waals surface area contributed by atoms with Gasteiger partial charge in [0.15, 0.2) is 11.2 Å². The van der Waals surface area contributed by atoms with Crippen LogP contribution in [0.2, 0.25) is 0 Å². The monoisotopic (exact) mass is 189 g/mol. The lowest BCUT2D eigenvalue weighted by Crippen LogP contribution is -2.14. The lowest BCUT2D eigenvalue weighted by Gasteiger charge is -1.94. The molecular weight excluding hydrogens is 182 g/mol. The molecule has 0 aliphatic heterocycles. The average molecular weight is 189 g/mol. The van der Waals surface area contributed by atoms with Crippen LogP contribution in [0.3, 0.4) is 0 Å². The standard InChI is InChI=1S/C9H7N3O2/c10-4-2-6-12-8-7(14-9(12)13)3-1-5-11-8/h1,3,5H,2,6H2. The summed E-state index contributed by atoms with van der Waals surface area (Å²) < 4.78 is 6.29. The largest absolute Gasteiger partial charge is 0.421 e. The average Bonchev–Trinajstić information content (AvgIpc) is 2.51. The second-order valence-corrected chi connectivity index (χ2v) is 2.75. The molecule has 0 N–H and O–H groups in total. The topological polar surface area (TPSA) is 71.8 Å². The van der Waals surface area contributed by atoms with Crippen molar-refractivity contribution in [1.82, 2.24) is 9.55 Å². The summed E-state index contributed by atoms with van der Waals surface area (Å²) in [6, 6.07) is 5.34. The number of fused-ring (bicyclic) bond motifs is 1. The van der Waals surface area contributed by atoms with E-state index in [1.807, 2.05) is 6.07 Å². The van der Waals surface area contributed by atoms with Gasteiger partial charge in [0.2, 0.25) is 0 Å². The fourth-order valence-corrected chi connectivity index (χ4v) is 1.26. The molecule has 2 aromatic rings. The number of hydrogen-bond acceptors (Lipinski definition) is 4. The highest BCUT2D eigenvalue weighted by molar-refractivity contribution is 5.67. The highest BCUT2D eigenvalue weighted by Crippen LogP contribution is 2.08. The Morgan fingerprint density at radius 3 is 3.29 bits per heavy atom. The maximum absolute atomic E-state index is 11.3. The Morgan fingerprint density at radius 2 is 2.50 bits per heavy atom. The summed E-state index contributed by atoms with van der Waals surface area (Å²) in [7, 11) is 0. The van der Waals surface area contributed by atoms with Gasteiger partial charge >= 0.3 is 5.76 Å². The Labute approximate surface area is 79.2 Å². The van der Waals surface area contributed by atoms with Gasteiger partial charge in [-0.15, -0.1) is 0 Å². The first-order chi connectivity index (χ1) is 6.83. The fourth-order valence-electron chi connectivity index (χ4n) is 1.26. The number of aromatic nitrogens is 2. The Hall–Kier alpha value is -2.09. The quantitative estimate of drug-likeness (QED) is 0.703. The Morgan fingerprint density at radius 1 is 1.64 bits per heavy atom. The van der Waals surface area contributed by atoms with Crippen LogP contribution < -0.4 is 5.76 Å². The third kappa shape index (κ3) is 1.27. The van der Waals surface area contributed by atoms with Crippen LogP contribution in [-0.4, -0.2) is 9.55 Å². The smallest absolute Gasteiger partial charge is 0.406 e.